The van der Waals surface area contributed by atoms with Gasteiger partial charge in [0.1, 0.15) is 12.4 Å². The Morgan fingerprint density at radius 1 is 1.19 bits per heavy atom. The number of carbonyl (C=O) groups excluding carboxylic acids is 2. The number of amides is 2. The quantitative estimate of drug-likeness (QED) is 0.677. The molecule has 0 radical (unpaired) electrons. The Morgan fingerprint density at radius 3 is 2.59 bits per heavy atom. The molecule has 0 bridgehead atoms. The smallest absolute Gasteiger partial charge is 0.242 e. The maximum atomic E-state index is 12.2. The van der Waals surface area contributed by atoms with E-state index in [4.69, 9.17) is 0 Å². The standard InChI is InChI=1S/C19H27N5O2S/c1-6-14(4)21-18(26)15(5)22-17(25)10-27-19-23-20-11-24(19)16-8-7-12(2)13(3)9-16/h7-9,11,14-15H,6,10H2,1-5H3,(H,21,26)(H,22,25). The molecule has 2 N–H and O–H groups in total. The lowest BCUT2D eigenvalue weighted by Gasteiger charge is -2.17. The fourth-order valence-corrected chi connectivity index (χ4v) is 3.06. The molecule has 1 aromatic carbocycles. The zero-order valence-corrected chi connectivity index (χ0v) is 17.3. The van der Waals surface area contributed by atoms with Crippen molar-refractivity contribution in [3.8, 4) is 5.69 Å². The Balaban J connectivity index is 1.93. The lowest BCUT2D eigenvalue weighted by molar-refractivity contribution is -0.127. The van der Waals surface area contributed by atoms with E-state index < -0.39 is 6.04 Å². The summed E-state index contributed by atoms with van der Waals surface area (Å²) in [5.41, 5.74) is 3.34. The topological polar surface area (TPSA) is 88.9 Å². The van der Waals surface area contributed by atoms with Crippen LogP contribution in [0, 0.1) is 13.8 Å². The van der Waals surface area contributed by atoms with Crippen LogP contribution >= 0.6 is 11.8 Å². The molecule has 0 fully saturated rings. The summed E-state index contributed by atoms with van der Waals surface area (Å²) in [6.07, 6.45) is 2.48. The molecular formula is C19H27N5O2S. The van der Waals surface area contributed by atoms with E-state index in [9.17, 15) is 9.59 Å². The average molecular weight is 390 g/mol. The van der Waals surface area contributed by atoms with Gasteiger partial charge in [0.25, 0.3) is 0 Å². The van der Waals surface area contributed by atoms with Gasteiger partial charge in [0.05, 0.1) is 5.75 Å². The molecule has 1 aromatic heterocycles. The van der Waals surface area contributed by atoms with Crippen molar-refractivity contribution in [1.82, 2.24) is 25.4 Å². The highest BCUT2D eigenvalue weighted by molar-refractivity contribution is 7.99. The Hall–Kier alpha value is -2.35. The van der Waals surface area contributed by atoms with Gasteiger partial charge in [-0.2, -0.15) is 0 Å². The number of rotatable bonds is 8. The van der Waals surface area contributed by atoms with Crippen LogP contribution in [-0.4, -0.2) is 44.4 Å². The minimum absolute atomic E-state index is 0.0859. The van der Waals surface area contributed by atoms with Crippen LogP contribution in [0.1, 0.15) is 38.3 Å². The van der Waals surface area contributed by atoms with Gasteiger partial charge < -0.3 is 10.6 Å². The molecule has 0 spiro atoms. The molecule has 146 valence electrons. The van der Waals surface area contributed by atoms with E-state index in [-0.39, 0.29) is 23.6 Å². The van der Waals surface area contributed by atoms with Gasteiger partial charge in [-0.05, 0) is 57.4 Å². The van der Waals surface area contributed by atoms with E-state index in [0.29, 0.717) is 5.16 Å². The van der Waals surface area contributed by atoms with Crippen LogP contribution in [0.2, 0.25) is 0 Å². The summed E-state index contributed by atoms with van der Waals surface area (Å²) in [6, 6.07) is 5.61. The van der Waals surface area contributed by atoms with Crippen molar-refractivity contribution in [2.75, 3.05) is 5.75 Å². The number of aryl methyl sites for hydroxylation is 2. The van der Waals surface area contributed by atoms with Crippen LogP contribution in [0.5, 0.6) is 0 Å². The molecule has 27 heavy (non-hydrogen) atoms. The van der Waals surface area contributed by atoms with Gasteiger partial charge >= 0.3 is 0 Å². The van der Waals surface area contributed by atoms with E-state index >= 15 is 0 Å². The number of aromatic nitrogens is 3. The summed E-state index contributed by atoms with van der Waals surface area (Å²) >= 11 is 1.28. The molecule has 0 aliphatic rings. The number of nitrogens with one attached hydrogen (secondary N) is 2. The molecule has 0 aliphatic carbocycles. The van der Waals surface area contributed by atoms with Gasteiger partial charge in [0.15, 0.2) is 5.16 Å². The Kier molecular flexibility index (Phi) is 7.41. The first-order valence-electron chi connectivity index (χ1n) is 9.02. The van der Waals surface area contributed by atoms with Crippen LogP contribution in [-0.2, 0) is 9.59 Å². The van der Waals surface area contributed by atoms with Crippen molar-refractivity contribution in [1.29, 1.82) is 0 Å². The van der Waals surface area contributed by atoms with Crippen LogP contribution in [0.25, 0.3) is 5.69 Å². The molecule has 2 amide bonds. The zero-order chi connectivity index (χ0) is 20.0. The lowest BCUT2D eigenvalue weighted by Crippen LogP contribution is -2.47. The highest BCUT2D eigenvalue weighted by Crippen LogP contribution is 2.21. The lowest BCUT2D eigenvalue weighted by atomic mass is 10.1. The molecule has 0 aliphatic heterocycles. The van der Waals surface area contributed by atoms with E-state index in [0.717, 1.165) is 12.1 Å². The molecule has 0 saturated carbocycles. The third kappa shape index (κ3) is 5.82. The number of nitrogens with zero attached hydrogens (tertiary/aromatic N) is 3. The third-order valence-electron chi connectivity index (χ3n) is 4.39. The number of carbonyl (C=O) groups is 2. The summed E-state index contributed by atoms with van der Waals surface area (Å²) in [7, 11) is 0. The van der Waals surface area contributed by atoms with Crippen LogP contribution < -0.4 is 10.6 Å². The van der Waals surface area contributed by atoms with Crippen LogP contribution in [0.15, 0.2) is 29.7 Å². The second-order valence-corrected chi connectivity index (χ2v) is 7.59. The van der Waals surface area contributed by atoms with Crippen molar-refractivity contribution in [3.05, 3.63) is 35.7 Å². The molecule has 2 rings (SSSR count). The van der Waals surface area contributed by atoms with Crippen molar-refractivity contribution in [3.63, 3.8) is 0 Å². The highest BCUT2D eigenvalue weighted by Gasteiger charge is 2.18. The normalized spacial score (nSPS) is 13.1. The SMILES string of the molecule is CCC(C)NC(=O)C(C)NC(=O)CSc1nncn1-c1ccc(C)c(C)c1. The largest absolute Gasteiger partial charge is 0.352 e. The fraction of sp³-hybridized carbons (Fsp3) is 0.474. The minimum atomic E-state index is -0.579. The second-order valence-electron chi connectivity index (χ2n) is 6.65. The van der Waals surface area contributed by atoms with Crippen molar-refractivity contribution < 1.29 is 9.59 Å². The van der Waals surface area contributed by atoms with Crippen molar-refractivity contribution in [2.24, 2.45) is 0 Å². The first-order chi connectivity index (χ1) is 12.8. The first kappa shape index (κ1) is 21.0. The molecule has 2 atom stereocenters. The Labute approximate surface area is 164 Å². The average Bonchev–Trinajstić information content (AvgIpc) is 3.10. The second kappa shape index (κ2) is 9.55. The van der Waals surface area contributed by atoms with Gasteiger partial charge in [0, 0.05) is 11.7 Å². The van der Waals surface area contributed by atoms with Gasteiger partial charge in [-0.3, -0.25) is 14.2 Å². The molecule has 7 nitrogen and oxygen atoms in total. The van der Waals surface area contributed by atoms with Gasteiger partial charge in [0.2, 0.25) is 11.8 Å². The van der Waals surface area contributed by atoms with Gasteiger partial charge in [-0.1, -0.05) is 24.8 Å². The zero-order valence-electron chi connectivity index (χ0n) is 16.4. The first-order valence-corrected chi connectivity index (χ1v) is 10.0. The summed E-state index contributed by atoms with van der Waals surface area (Å²) in [6.45, 7) is 9.72. The minimum Gasteiger partial charge on any atom is -0.352 e. The predicted molar refractivity (Wildman–Crippen MR) is 107 cm³/mol. The summed E-state index contributed by atoms with van der Waals surface area (Å²) in [5.74, 6) is -0.243. The number of hydrogen-bond acceptors (Lipinski definition) is 5. The van der Waals surface area contributed by atoms with Gasteiger partial charge in [-0.25, -0.2) is 0 Å². The molecule has 0 saturated heterocycles. The van der Waals surface area contributed by atoms with E-state index in [2.05, 4.69) is 40.7 Å². The van der Waals surface area contributed by atoms with Crippen molar-refractivity contribution >= 4 is 23.6 Å². The molecule has 2 aromatic rings. The highest BCUT2D eigenvalue weighted by atomic mass is 32.2. The summed E-state index contributed by atoms with van der Waals surface area (Å²) < 4.78 is 1.85. The maximum Gasteiger partial charge on any atom is 0.242 e. The van der Waals surface area contributed by atoms with Crippen LogP contribution in [0.4, 0.5) is 0 Å². The number of benzene rings is 1. The monoisotopic (exact) mass is 389 g/mol. The molecule has 1 heterocycles. The Bertz CT molecular complexity index is 805. The Morgan fingerprint density at radius 2 is 1.93 bits per heavy atom. The van der Waals surface area contributed by atoms with Gasteiger partial charge in [-0.15, -0.1) is 10.2 Å². The molecule has 2 unspecified atom stereocenters. The van der Waals surface area contributed by atoms with E-state index in [1.54, 1.807) is 13.3 Å². The fourth-order valence-electron chi connectivity index (χ4n) is 2.32. The summed E-state index contributed by atoms with van der Waals surface area (Å²) in [4.78, 5) is 24.2. The molecule has 8 heteroatoms. The number of hydrogen-bond donors (Lipinski definition) is 2. The molecular weight excluding hydrogens is 362 g/mol. The maximum absolute atomic E-state index is 12.2. The predicted octanol–water partition coefficient (Wildman–Crippen LogP) is 2.40. The van der Waals surface area contributed by atoms with E-state index in [1.807, 2.05) is 30.5 Å². The van der Waals surface area contributed by atoms with E-state index in [1.165, 1.54) is 22.9 Å². The summed E-state index contributed by atoms with van der Waals surface area (Å²) in [5, 5.41) is 14.3. The number of thioether (sulfide) groups is 1. The van der Waals surface area contributed by atoms with Crippen molar-refractivity contribution in [2.45, 2.75) is 58.3 Å². The third-order valence-corrected chi connectivity index (χ3v) is 5.33. The van der Waals surface area contributed by atoms with Crippen LogP contribution in [0.3, 0.4) is 0 Å².